The van der Waals surface area contributed by atoms with E-state index in [1.807, 2.05) is 73.7 Å². The number of ketones is 1. The van der Waals surface area contributed by atoms with Crippen molar-refractivity contribution in [3.05, 3.63) is 90.5 Å². The molecule has 0 saturated carbocycles. The summed E-state index contributed by atoms with van der Waals surface area (Å²) in [7, 11) is 0. The zero-order valence-electron chi connectivity index (χ0n) is 16.7. The summed E-state index contributed by atoms with van der Waals surface area (Å²) in [5.41, 5.74) is 2.52. The molecular weight excluding hydrogens is 376 g/mol. The maximum Gasteiger partial charge on any atom is 0.220 e. The average molecular weight is 398 g/mol. The molecule has 6 nitrogen and oxygen atoms in total. The average Bonchev–Trinajstić information content (AvgIpc) is 3.32. The van der Waals surface area contributed by atoms with Gasteiger partial charge in [0.15, 0.2) is 5.78 Å². The molecule has 0 aliphatic heterocycles. The molecule has 150 valence electrons. The summed E-state index contributed by atoms with van der Waals surface area (Å²) in [4.78, 5) is 28.8. The molecule has 4 rings (SSSR count). The van der Waals surface area contributed by atoms with Gasteiger partial charge in [0.2, 0.25) is 5.91 Å². The van der Waals surface area contributed by atoms with Crippen LogP contribution in [0.3, 0.4) is 0 Å². The molecule has 1 aromatic heterocycles. The number of carbonyl (C=O) groups is 2. The molecule has 4 aromatic rings. The largest absolute Gasteiger partial charge is 0.350 e. The molecule has 0 saturated heterocycles. The highest BCUT2D eigenvalue weighted by Crippen LogP contribution is 2.18. The van der Waals surface area contributed by atoms with Crippen molar-refractivity contribution >= 4 is 22.5 Å². The molecule has 1 heterocycles. The van der Waals surface area contributed by atoms with E-state index in [2.05, 4.69) is 15.4 Å². The Morgan fingerprint density at radius 3 is 2.47 bits per heavy atom. The summed E-state index contributed by atoms with van der Waals surface area (Å²) in [5, 5.41) is 9.17. The summed E-state index contributed by atoms with van der Waals surface area (Å²) in [6, 6.07) is 21.1. The van der Waals surface area contributed by atoms with Crippen LogP contribution in [0.5, 0.6) is 0 Å². The van der Waals surface area contributed by atoms with E-state index in [0.717, 1.165) is 22.0 Å². The van der Waals surface area contributed by atoms with Crippen LogP contribution in [0, 0.1) is 0 Å². The number of hydrogen-bond donors (Lipinski definition) is 1. The Morgan fingerprint density at radius 2 is 1.73 bits per heavy atom. The van der Waals surface area contributed by atoms with Crippen LogP contribution in [-0.2, 0) is 4.79 Å². The molecule has 0 unspecified atom stereocenters. The lowest BCUT2D eigenvalue weighted by atomic mass is 10.0. The number of amides is 1. The lowest BCUT2D eigenvalue weighted by molar-refractivity contribution is -0.121. The van der Waals surface area contributed by atoms with E-state index in [4.69, 9.17) is 0 Å². The highest BCUT2D eigenvalue weighted by Gasteiger charge is 2.13. The maximum absolute atomic E-state index is 12.5. The number of nitrogens with zero attached hydrogens (tertiary/aromatic N) is 3. The van der Waals surface area contributed by atoms with Crippen molar-refractivity contribution in [1.82, 2.24) is 20.1 Å². The van der Waals surface area contributed by atoms with E-state index in [-0.39, 0.29) is 30.6 Å². The number of benzene rings is 3. The highest BCUT2D eigenvalue weighted by molar-refractivity contribution is 6.01. The number of fused-ring (bicyclic) bond motifs is 1. The standard InChI is InChI=1S/C24H22N4O2/c1-17(18-8-10-22(11-9-18)28-16-25-15-26-28)27-24(30)13-12-23(29)21-7-6-19-4-2-3-5-20(19)14-21/h2-11,14-17H,12-13H2,1H3,(H,27,30)/t17-/m0/s1. The Balaban J connectivity index is 1.31. The fourth-order valence-corrected chi connectivity index (χ4v) is 3.39. The predicted octanol–water partition coefficient (Wildman–Crippen LogP) is 4.26. The van der Waals surface area contributed by atoms with Gasteiger partial charge in [0, 0.05) is 18.4 Å². The van der Waals surface area contributed by atoms with E-state index >= 15 is 0 Å². The van der Waals surface area contributed by atoms with Crippen LogP contribution in [0.2, 0.25) is 0 Å². The molecular formula is C24H22N4O2. The lowest BCUT2D eigenvalue weighted by Gasteiger charge is -2.15. The molecule has 1 amide bonds. The zero-order chi connectivity index (χ0) is 20.9. The number of carbonyl (C=O) groups excluding carboxylic acids is 2. The van der Waals surface area contributed by atoms with Crippen molar-refractivity contribution in [1.29, 1.82) is 0 Å². The number of hydrogen-bond acceptors (Lipinski definition) is 4. The Kier molecular flexibility index (Phi) is 5.66. The monoisotopic (exact) mass is 398 g/mol. The van der Waals surface area contributed by atoms with Crippen molar-refractivity contribution in [2.45, 2.75) is 25.8 Å². The molecule has 0 aliphatic rings. The SMILES string of the molecule is C[C@H](NC(=O)CCC(=O)c1ccc2ccccc2c1)c1ccc(-n2cncn2)cc1. The zero-order valence-corrected chi connectivity index (χ0v) is 16.7. The topological polar surface area (TPSA) is 76.9 Å². The van der Waals surface area contributed by atoms with Gasteiger partial charge in [-0.05, 0) is 41.5 Å². The number of nitrogens with one attached hydrogen (secondary N) is 1. The van der Waals surface area contributed by atoms with E-state index in [0.29, 0.717) is 5.56 Å². The van der Waals surface area contributed by atoms with Crippen LogP contribution in [0.15, 0.2) is 79.4 Å². The van der Waals surface area contributed by atoms with E-state index in [1.54, 1.807) is 11.0 Å². The van der Waals surface area contributed by atoms with E-state index in [1.165, 1.54) is 6.33 Å². The van der Waals surface area contributed by atoms with Crippen molar-refractivity contribution in [3.63, 3.8) is 0 Å². The Morgan fingerprint density at radius 1 is 0.967 bits per heavy atom. The Bertz CT molecular complexity index is 1170. The van der Waals surface area contributed by atoms with Gasteiger partial charge in [-0.2, -0.15) is 5.10 Å². The molecule has 30 heavy (non-hydrogen) atoms. The first-order valence-electron chi connectivity index (χ1n) is 9.86. The van der Waals surface area contributed by atoms with Gasteiger partial charge in [-0.15, -0.1) is 0 Å². The number of Topliss-reactive ketones (excluding diaryl/α,β-unsaturated/α-hetero) is 1. The molecule has 0 radical (unpaired) electrons. The van der Waals surface area contributed by atoms with Gasteiger partial charge in [-0.25, -0.2) is 9.67 Å². The lowest BCUT2D eigenvalue weighted by Crippen LogP contribution is -2.27. The van der Waals surface area contributed by atoms with Crippen molar-refractivity contribution in [2.75, 3.05) is 0 Å². The van der Waals surface area contributed by atoms with Gasteiger partial charge in [0.05, 0.1) is 11.7 Å². The molecule has 6 heteroatoms. The van der Waals surface area contributed by atoms with Gasteiger partial charge in [-0.1, -0.05) is 48.5 Å². The third kappa shape index (κ3) is 4.43. The summed E-state index contributed by atoms with van der Waals surface area (Å²) in [6.07, 6.45) is 3.46. The minimum atomic E-state index is -0.155. The molecule has 0 aliphatic carbocycles. The third-order valence-electron chi connectivity index (χ3n) is 5.10. The fraction of sp³-hybridized carbons (Fsp3) is 0.167. The second-order valence-corrected chi connectivity index (χ2v) is 7.21. The van der Waals surface area contributed by atoms with Crippen LogP contribution < -0.4 is 5.32 Å². The Labute approximate surface area is 174 Å². The van der Waals surface area contributed by atoms with Crippen molar-refractivity contribution in [3.8, 4) is 5.69 Å². The van der Waals surface area contributed by atoms with Gasteiger partial charge in [-0.3, -0.25) is 9.59 Å². The first-order chi connectivity index (χ1) is 14.6. The Hall–Kier alpha value is -3.80. The van der Waals surface area contributed by atoms with E-state index in [9.17, 15) is 9.59 Å². The third-order valence-corrected chi connectivity index (χ3v) is 5.10. The molecule has 0 fully saturated rings. The van der Waals surface area contributed by atoms with Crippen LogP contribution >= 0.6 is 0 Å². The smallest absolute Gasteiger partial charge is 0.220 e. The van der Waals surface area contributed by atoms with Crippen molar-refractivity contribution < 1.29 is 9.59 Å². The molecule has 1 N–H and O–H groups in total. The van der Waals surface area contributed by atoms with Gasteiger partial charge in [0.1, 0.15) is 12.7 Å². The molecule has 0 bridgehead atoms. The quantitative estimate of drug-likeness (QED) is 0.472. The normalized spacial score (nSPS) is 11.9. The second-order valence-electron chi connectivity index (χ2n) is 7.21. The predicted molar refractivity (Wildman–Crippen MR) is 115 cm³/mol. The summed E-state index contributed by atoms with van der Waals surface area (Å²) in [5.74, 6) is -0.169. The molecule has 1 atom stereocenters. The highest BCUT2D eigenvalue weighted by atomic mass is 16.2. The van der Waals surface area contributed by atoms with Crippen molar-refractivity contribution in [2.24, 2.45) is 0 Å². The van der Waals surface area contributed by atoms with Crippen LogP contribution in [0.4, 0.5) is 0 Å². The first-order valence-corrected chi connectivity index (χ1v) is 9.86. The summed E-state index contributed by atoms with van der Waals surface area (Å²) >= 11 is 0. The molecule has 0 spiro atoms. The number of aromatic nitrogens is 3. The minimum absolute atomic E-state index is 0.0271. The second kappa shape index (κ2) is 8.69. The van der Waals surface area contributed by atoms with E-state index < -0.39 is 0 Å². The van der Waals surface area contributed by atoms with Crippen LogP contribution in [0.1, 0.15) is 41.7 Å². The minimum Gasteiger partial charge on any atom is -0.350 e. The van der Waals surface area contributed by atoms with Gasteiger partial charge >= 0.3 is 0 Å². The van der Waals surface area contributed by atoms with Gasteiger partial charge in [0.25, 0.3) is 0 Å². The first kappa shape index (κ1) is 19.5. The van der Waals surface area contributed by atoms with Crippen LogP contribution in [0.25, 0.3) is 16.5 Å². The fourth-order valence-electron chi connectivity index (χ4n) is 3.39. The summed E-state index contributed by atoms with van der Waals surface area (Å²) < 4.78 is 1.67. The maximum atomic E-state index is 12.5. The van der Waals surface area contributed by atoms with Crippen LogP contribution in [-0.4, -0.2) is 26.5 Å². The van der Waals surface area contributed by atoms with Gasteiger partial charge < -0.3 is 5.32 Å². The summed E-state index contributed by atoms with van der Waals surface area (Å²) in [6.45, 7) is 1.92. The number of rotatable bonds is 7. The molecule has 3 aromatic carbocycles.